The highest BCUT2D eigenvalue weighted by molar-refractivity contribution is 14.1. The van der Waals surface area contributed by atoms with Crippen LogP contribution in [0.2, 0.25) is 5.02 Å². The van der Waals surface area contributed by atoms with Crippen molar-refractivity contribution in [2.45, 2.75) is 19.4 Å². The van der Waals surface area contributed by atoms with E-state index in [1.54, 1.807) is 6.07 Å². The van der Waals surface area contributed by atoms with Crippen molar-refractivity contribution in [1.82, 2.24) is 5.32 Å². The number of benzene rings is 2. The van der Waals surface area contributed by atoms with Crippen LogP contribution in [0.3, 0.4) is 0 Å². The molecule has 2 aromatic carbocycles. The van der Waals surface area contributed by atoms with Crippen molar-refractivity contribution in [3.8, 4) is 0 Å². The molecule has 0 saturated carbocycles. The fourth-order valence-corrected chi connectivity index (χ4v) is 3.12. The summed E-state index contributed by atoms with van der Waals surface area (Å²) in [6.07, 6.45) is 0.733. The third-order valence-electron chi connectivity index (χ3n) is 3.42. The molecule has 0 amide bonds. The molecule has 0 bridgehead atoms. The van der Waals surface area contributed by atoms with E-state index in [2.05, 4.69) is 27.9 Å². The van der Waals surface area contributed by atoms with E-state index in [0.29, 0.717) is 0 Å². The Morgan fingerprint density at radius 1 is 1.25 bits per heavy atom. The maximum absolute atomic E-state index is 13.4. The lowest BCUT2D eigenvalue weighted by Crippen LogP contribution is -2.20. The first-order valence-electron chi connectivity index (χ1n) is 6.38. The minimum Gasteiger partial charge on any atom is -0.313 e. The van der Waals surface area contributed by atoms with Crippen molar-refractivity contribution >= 4 is 34.2 Å². The SMILES string of the molecule is CNC(Cc1cc(F)ccc1C)c1cc(Cl)ccc1I. The molecule has 106 valence electrons. The van der Waals surface area contributed by atoms with Crippen molar-refractivity contribution in [3.63, 3.8) is 0 Å². The minimum atomic E-state index is -0.193. The molecule has 0 aliphatic carbocycles. The molecule has 1 N–H and O–H groups in total. The summed E-state index contributed by atoms with van der Waals surface area (Å²) in [5.74, 6) is -0.193. The number of likely N-dealkylation sites (N-methyl/N-ethyl adjacent to an activating group) is 1. The van der Waals surface area contributed by atoms with E-state index < -0.39 is 0 Å². The van der Waals surface area contributed by atoms with Crippen LogP contribution in [0.4, 0.5) is 4.39 Å². The topological polar surface area (TPSA) is 12.0 Å². The monoisotopic (exact) mass is 403 g/mol. The molecule has 20 heavy (non-hydrogen) atoms. The molecule has 0 radical (unpaired) electrons. The van der Waals surface area contributed by atoms with Crippen LogP contribution < -0.4 is 5.32 Å². The molecular weight excluding hydrogens is 388 g/mol. The van der Waals surface area contributed by atoms with Gasteiger partial charge < -0.3 is 5.32 Å². The highest BCUT2D eigenvalue weighted by Gasteiger charge is 2.15. The van der Waals surface area contributed by atoms with Crippen LogP contribution in [0, 0.1) is 16.3 Å². The molecule has 1 nitrogen and oxygen atoms in total. The van der Waals surface area contributed by atoms with Gasteiger partial charge in [-0.3, -0.25) is 0 Å². The summed E-state index contributed by atoms with van der Waals surface area (Å²) in [7, 11) is 1.91. The van der Waals surface area contributed by atoms with Crippen LogP contribution in [-0.2, 0) is 6.42 Å². The van der Waals surface area contributed by atoms with Gasteiger partial charge in [0.2, 0.25) is 0 Å². The second-order valence-corrected chi connectivity index (χ2v) is 6.38. The molecule has 0 aliphatic rings. The zero-order chi connectivity index (χ0) is 14.7. The van der Waals surface area contributed by atoms with E-state index in [9.17, 15) is 4.39 Å². The zero-order valence-corrected chi connectivity index (χ0v) is 14.3. The molecule has 0 saturated heterocycles. The van der Waals surface area contributed by atoms with Crippen molar-refractivity contribution in [2.75, 3.05) is 7.05 Å². The third kappa shape index (κ3) is 3.71. The highest BCUT2D eigenvalue weighted by atomic mass is 127. The lowest BCUT2D eigenvalue weighted by Gasteiger charge is -2.20. The third-order valence-corrected chi connectivity index (χ3v) is 4.63. The molecule has 0 heterocycles. The number of hydrogen-bond acceptors (Lipinski definition) is 1. The van der Waals surface area contributed by atoms with Gasteiger partial charge in [-0.25, -0.2) is 4.39 Å². The maximum atomic E-state index is 13.4. The first-order valence-corrected chi connectivity index (χ1v) is 7.84. The van der Waals surface area contributed by atoms with Crippen LogP contribution >= 0.6 is 34.2 Å². The van der Waals surface area contributed by atoms with Gasteiger partial charge >= 0.3 is 0 Å². The fourth-order valence-electron chi connectivity index (χ4n) is 2.23. The Labute approximate surface area is 137 Å². The predicted molar refractivity (Wildman–Crippen MR) is 90.8 cm³/mol. The van der Waals surface area contributed by atoms with Crippen LogP contribution in [0.15, 0.2) is 36.4 Å². The lowest BCUT2D eigenvalue weighted by molar-refractivity contribution is 0.580. The van der Waals surface area contributed by atoms with Gasteiger partial charge in [-0.2, -0.15) is 0 Å². The van der Waals surface area contributed by atoms with E-state index in [-0.39, 0.29) is 11.9 Å². The molecule has 0 aromatic heterocycles. The Morgan fingerprint density at radius 2 is 2.00 bits per heavy atom. The summed E-state index contributed by atoms with van der Waals surface area (Å²) >= 11 is 8.39. The largest absolute Gasteiger partial charge is 0.313 e. The Kier molecular flexibility index (Phi) is 5.41. The molecule has 0 spiro atoms. The number of aryl methyl sites for hydroxylation is 1. The average molecular weight is 404 g/mol. The Hall–Kier alpha value is -0.650. The van der Waals surface area contributed by atoms with Gasteiger partial charge in [-0.1, -0.05) is 17.7 Å². The van der Waals surface area contributed by atoms with Crippen LogP contribution in [0.5, 0.6) is 0 Å². The van der Waals surface area contributed by atoms with E-state index in [1.807, 2.05) is 38.2 Å². The lowest BCUT2D eigenvalue weighted by atomic mass is 9.96. The minimum absolute atomic E-state index is 0.112. The standard InChI is InChI=1S/C16H16ClFIN/c1-10-3-5-13(18)7-11(10)8-16(20-2)14-9-12(17)4-6-15(14)19/h3-7,9,16,20H,8H2,1-2H3. The summed E-state index contributed by atoms with van der Waals surface area (Å²) in [5.41, 5.74) is 3.26. The second-order valence-electron chi connectivity index (χ2n) is 4.78. The summed E-state index contributed by atoms with van der Waals surface area (Å²) in [6.45, 7) is 2.00. The van der Waals surface area contributed by atoms with Gasteiger partial charge in [0.05, 0.1) is 0 Å². The smallest absolute Gasteiger partial charge is 0.123 e. The summed E-state index contributed by atoms with van der Waals surface area (Å²) in [5, 5.41) is 4.01. The van der Waals surface area contributed by atoms with E-state index in [0.717, 1.165) is 31.7 Å². The number of nitrogens with one attached hydrogen (secondary N) is 1. The van der Waals surface area contributed by atoms with Gasteiger partial charge in [0.25, 0.3) is 0 Å². The zero-order valence-electron chi connectivity index (χ0n) is 11.4. The van der Waals surface area contributed by atoms with Crippen LogP contribution in [0.25, 0.3) is 0 Å². The maximum Gasteiger partial charge on any atom is 0.123 e. The van der Waals surface area contributed by atoms with Crippen molar-refractivity contribution < 1.29 is 4.39 Å². The molecule has 0 fully saturated rings. The van der Waals surface area contributed by atoms with Gasteiger partial charge in [-0.05, 0) is 90.0 Å². The van der Waals surface area contributed by atoms with Crippen LogP contribution in [0.1, 0.15) is 22.7 Å². The van der Waals surface area contributed by atoms with Crippen molar-refractivity contribution in [2.24, 2.45) is 0 Å². The molecule has 2 aromatic rings. The Balaban J connectivity index is 2.33. The molecule has 0 aliphatic heterocycles. The highest BCUT2D eigenvalue weighted by Crippen LogP contribution is 2.27. The predicted octanol–water partition coefficient (Wildman–Crippen LogP) is 4.90. The van der Waals surface area contributed by atoms with Crippen molar-refractivity contribution in [3.05, 3.63) is 67.5 Å². The molecule has 1 atom stereocenters. The Morgan fingerprint density at radius 3 is 2.70 bits per heavy atom. The first-order chi connectivity index (χ1) is 9.51. The molecular formula is C16H16ClFIN. The van der Waals surface area contributed by atoms with E-state index in [4.69, 9.17) is 11.6 Å². The van der Waals surface area contributed by atoms with Gasteiger partial charge in [0, 0.05) is 14.6 Å². The van der Waals surface area contributed by atoms with Gasteiger partial charge in [-0.15, -0.1) is 0 Å². The van der Waals surface area contributed by atoms with E-state index >= 15 is 0 Å². The average Bonchev–Trinajstić information content (AvgIpc) is 2.42. The second kappa shape index (κ2) is 6.87. The fraction of sp³-hybridized carbons (Fsp3) is 0.250. The van der Waals surface area contributed by atoms with Crippen molar-refractivity contribution in [1.29, 1.82) is 0 Å². The van der Waals surface area contributed by atoms with Crippen LogP contribution in [-0.4, -0.2) is 7.05 Å². The normalized spacial score (nSPS) is 12.4. The number of rotatable bonds is 4. The molecule has 1 unspecified atom stereocenters. The number of hydrogen-bond donors (Lipinski definition) is 1. The molecule has 2 rings (SSSR count). The quantitative estimate of drug-likeness (QED) is 0.716. The molecule has 4 heteroatoms. The number of halogens is 3. The summed E-state index contributed by atoms with van der Waals surface area (Å²) in [4.78, 5) is 0. The summed E-state index contributed by atoms with van der Waals surface area (Å²) < 4.78 is 14.6. The summed E-state index contributed by atoms with van der Waals surface area (Å²) in [6, 6.07) is 10.9. The first kappa shape index (κ1) is 15.7. The van der Waals surface area contributed by atoms with E-state index in [1.165, 1.54) is 6.07 Å². The van der Waals surface area contributed by atoms with Gasteiger partial charge in [0.15, 0.2) is 0 Å². The Bertz CT molecular complexity index is 615. The van der Waals surface area contributed by atoms with Gasteiger partial charge in [0.1, 0.15) is 5.82 Å².